The van der Waals surface area contributed by atoms with Crippen LogP contribution < -0.4 is 5.32 Å². The zero-order valence-electron chi connectivity index (χ0n) is 25.8. The third-order valence-corrected chi connectivity index (χ3v) is 10.9. The highest BCUT2D eigenvalue weighted by molar-refractivity contribution is 9.10. The molecule has 0 unspecified atom stereocenters. The van der Waals surface area contributed by atoms with Crippen molar-refractivity contribution in [1.29, 1.82) is 0 Å². The predicted octanol–water partition coefficient (Wildman–Crippen LogP) is 5.57. The van der Waals surface area contributed by atoms with E-state index in [-0.39, 0.29) is 25.1 Å². The molecule has 9 nitrogen and oxygen atoms in total. The first-order valence-corrected chi connectivity index (χ1v) is 16.1. The van der Waals surface area contributed by atoms with Crippen LogP contribution in [0.1, 0.15) is 54.4 Å². The highest BCUT2D eigenvalue weighted by Gasteiger charge is 2.51. The summed E-state index contributed by atoms with van der Waals surface area (Å²) in [6.45, 7) is 6.71. The van der Waals surface area contributed by atoms with Crippen molar-refractivity contribution >= 4 is 40.0 Å². The molecule has 0 radical (unpaired) electrons. The van der Waals surface area contributed by atoms with Gasteiger partial charge in [-0.2, -0.15) is 0 Å². The lowest BCUT2D eigenvalue weighted by atomic mass is 9.84. The molecule has 2 atom stereocenters. The molecule has 3 heterocycles. The molecule has 2 saturated heterocycles. The van der Waals surface area contributed by atoms with Crippen LogP contribution in [0.4, 0.5) is 15.3 Å². The molecule has 10 heteroatoms. The monoisotopic (exact) mass is 653 g/mol. The Balaban J connectivity index is 1.41. The zero-order chi connectivity index (χ0) is 30.7. The number of carbonyl (C=O) groups is 3. The number of rotatable bonds is 7. The van der Waals surface area contributed by atoms with Crippen LogP contribution in [0.3, 0.4) is 0 Å². The molecule has 2 aromatic rings. The number of anilines is 1. The Labute approximate surface area is 263 Å². The van der Waals surface area contributed by atoms with Crippen molar-refractivity contribution in [2.75, 3.05) is 45.6 Å². The lowest BCUT2D eigenvalue weighted by Gasteiger charge is -2.56. The molecule has 0 spiro atoms. The van der Waals surface area contributed by atoms with E-state index in [4.69, 9.17) is 4.74 Å². The van der Waals surface area contributed by atoms with Gasteiger partial charge in [0, 0.05) is 61.3 Å². The summed E-state index contributed by atoms with van der Waals surface area (Å²) in [5.74, 6) is 0. The summed E-state index contributed by atoms with van der Waals surface area (Å²) in [4.78, 5) is 48.1. The van der Waals surface area contributed by atoms with Gasteiger partial charge in [-0.05, 0) is 81.9 Å². The van der Waals surface area contributed by atoms with E-state index in [2.05, 4.69) is 51.2 Å². The van der Waals surface area contributed by atoms with Crippen molar-refractivity contribution in [1.82, 2.24) is 19.6 Å². The van der Waals surface area contributed by atoms with Crippen molar-refractivity contribution in [2.45, 2.75) is 76.7 Å². The average Bonchev–Trinajstić information content (AvgIpc) is 3.16. The summed E-state index contributed by atoms with van der Waals surface area (Å²) in [6, 6.07) is 12.2. The second kappa shape index (κ2) is 13.4. The van der Waals surface area contributed by atoms with Gasteiger partial charge in [0.1, 0.15) is 18.6 Å². The molecule has 1 N–H and O–H groups in total. The molecule has 5 rings (SSSR count). The fraction of sp³-hybridized carbons (Fsp3) is 0.545. The van der Waals surface area contributed by atoms with E-state index in [1.165, 1.54) is 0 Å². The normalized spacial score (nSPS) is 23.5. The van der Waals surface area contributed by atoms with Gasteiger partial charge in [-0.3, -0.25) is 9.80 Å². The predicted molar refractivity (Wildman–Crippen MR) is 171 cm³/mol. The second-order valence-corrected chi connectivity index (χ2v) is 13.3. The van der Waals surface area contributed by atoms with Crippen LogP contribution in [0.2, 0.25) is 0 Å². The Morgan fingerprint density at radius 1 is 1.09 bits per heavy atom. The molecular weight excluding hydrogens is 610 g/mol. The minimum absolute atomic E-state index is 0.123. The molecular formula is C33H44BrN5O4. The van der Waals surface area contributed by atoms with Crippen molar-refractivity contribution in [3.05, 3.63) is 63.1 Å². The maximum Gasteiger partial charge on any atom is 0.411 e. The van der Waals surface area contributed by atoms with Crippen LogP contribution in [-0.4, -0.2) is 96.0 Å². The van der Waals surface area contributed by atoms with E-state index in [1.807, 2.05) is 49.1 Å². The molecule has 0 aromatic heterocycles. The topological polar surface area (TPSA) is 85.4 Å². The standard InChI is InChI=1S/C33H44BrN5O4/c1-23-19-25(20-24(2)30(23)34)22-43-32(42)39-17-12-28(38-16-9-26-7-5-6-8-29(26)35-31(38)41)21-33(39,13-18-40)37-14-10-27(11-15-37)36(3)4/h5-8,18-20,27-28H,9-17,21-22H2,1-4H3,(H,35,41)/t28-,33+/m1/s1. The summed E-state index contributed by atoms with van der Waals surface area (Å²) in [6.07, 6.45) is 4.42. The smallest absolute Gasteiger partial charge is 0.411 e. The van der Waals surface area contributed by atoms with E-state index in [0.29, 0.717) is 32.0 Å². The second-order valence-electron chi connectivity index (χ2n) is 12.5. The Morgan fingerprint density at radius 3 is 2.47 bits per heavy atom. The Bertz CT molecular complexity index is 1320. The number of carbonyl (C=O) groups excluding carboxylic acids is 3. The number of hydrogen-bond donors (Lipinski definition) is 1. The number of likely N-dealkylation sites (tertiary alicyclic amines) is 2. The molecule has 43 heavy (non-hydrogen) atoms. The van der Waals surface area contributed by atoms with Crippen molar-refractivity contribution in [3.63, 3.8) is 0 Å². The van der Waals surface area contributed by atoms with Crippen molar-refractivity contribution < 1.29 is 19.1 Å². The Morgan fingerprint density at radius 2 is 1.79 bits per heavy atom. The molecule has 3 amide bonds. The van der Waals surface area contributed by atoms with E-state index < -0.39 is 11.8 Å². The number of nitrogens with one attached hydrogen (secondary N) is 1. The van der Waals surface area contributed by atoms with E-state index in [1.54, 1.807) is 4.90 Å². The van der Waals surface area contributed by atoms with E-state index in [9.17, 15) is 14.4 Å². The number of nitrogens with zero attached hydrogens (tertiary/aromatic N) is 4. The summed E-state index contributed by atoms with van der Waals surface area (Å²) in [5.41, 5.74) is 4.19. The van der Waals surface area contributed by atoms with Gasteiger partial charge in [-0.1, -0.05) is 46.3 Å². The van der Waals surface area contributed by atoms with Gasteiger partial charge in [0.15, 0.2) is 0 Å². The van der Waals surface area contributed by atoms with Crippen molar-refractivity contribution in [3.8, 4) is 0 Å². The van der Waals surface area contributed by atoms with Crippen LogP contribution >= 0.6 is 15.9 Å². The highest BCUT2D eigenvalue weighted by atomic mass is 79.9. The third kappa shape index (κ3) is 6.61. The fourth-order valence-electron chi connectivity index (χ4n) is 7.24. The van der Waals surface area contributed by atoms with Gasteiger partial charge in [-0.25, -0.2) is 9.59 Å². The first-order chi connectivity index (χ1) is 20.6. The van der Waals surface area contributed by atoms with Crippen molar-refractivity contribution in [2.24, 2.45) is 0 Å². The number of benzene rings is 2. The minimum Gasteiger partial charge on any atom is -0.445 e. The molecule has 0 saturated carbocycles. The SMILES string of the molecule is Cc1cc(COC(=O)N2CC[C@@H](N3CCc4ccccc4NC3=O)C[C@@]2(CC=O)N2CCC(N(C)C)CC2)cc(C)c1Br. The molecule has 3 aliphatic rings. The number of aldehydes is 1. The number of para-hydroxylation sites is 1. The summed E-state index contributed by atoms with van der Waals surface area (Å²) < 4.78 is 7.01. The van der Waals surface area contributed by atoms with Crippen LogP contribution in [-0.2, 0) is 22.6 Å². The molecule has 0 aliphatic carbocycles. The van der Waals surface area contributed by atoms with Gasteiger partial charge >= 0.3 is 12.1 Å². The zero-order valence-corrected chi connectivity index (χ0v) is 27.4. The number of ether oxygens (including phenoxy) is 1. The van der Waals surface area contributed by atoms with Crippen LogP contribution in [0.25, 0.3) is 0 Å². The highest BCUT2D eigenvalue weighted by Crippen LogP contribution is 2.39. The lowest BCUT2D eigenvalue weighted by Crippen LogP contribution is -2.69. The van der Waals surface area contributed by atoms with Gasteiger partial charge in [0.05, 0.1) is 0 Å². The molecule has 0 bridgehead atoms. The first kappa shape index (κ1) is 31.5. The maximum absolute atomic E-state index is 13.9. The van der Waals surface area contributed by atoms with Crippen LogP contribution in [0.15, 0.2) is 40.9 Å². The number of amides is 3. The largest absolute Gasteiger partial charge is 0.445 e. The quantitative estimate of drug-likeness (QED) is 0.394. The van der Waals surface area contributed by atoms with E-state index >= 15 is 0 Å². The van der Waals surface area contributed by atoms with Gasteiger partial charge in [-0.15, -0.1) is 0 Å². The maximum atomic E-state index is 13.9. The molecule has 3 aliphatic heterocycles. The third-order valence-electron chi connectivity index (χ3n) is 9.61. The summed E-state index contributed by atoms with van der Waals surface area (Å²) in [7, 11) is 4.20. The van der Waals surface area contributed by atoms with Crippen LogP contribution in [0, 0.1) is 13.8 Å². The number of halogens is 1. The summed E-state index contributed by atoms with van der Waals surface area (Å²) >= 11 is 3.61. The number of piperidine rings is 2. The first-order valence-electron chi connectivity index (χ1n) is 15.3. The lowest BCUT2D eigenvalue weighted by molar-refractivity contribution is -0.128. The Hall–Kier alpha value is -2.95. The molecule has 232 valence electrons. The number of hydrogen-bond acceptors (Lipinski definition) is 6. The number of fused-ring (bicyclic) bond motifs is 1. The number of aryl methyl sites for hydroxylation is 2. The number of urea groups is 1. The Kier molecular flexibility index (Phi) is 9.78. The minimum atomic E-state index is -0.871. The molecule has 2 aromatic carbocycles. The van der Waals surface area contributed by atoms with Gasteiger partial charge in [0.2, 0.25) is 0 Å². The summed E-state index contributed by atoms with van der Waals surface area (Å²) in [5, 5.41) is 3.10. The van der Waals surface area contributed by atoms with Gasteiger partial charge in [0.25, 0.3) is 0 Å². The fourth-order valence-corrected chi connectivity index (χ4v) is 7.47. The van der Waals surface area contributed by atoms with Crippen LogP contribution in [0.5, 0.6) is 0 Å². The molecule has 2 fully saturated rings. The van der Waals surface area contributed by atoms with E-state index in [0.717, 1.165) is 71.1 Å². The van der Waals surface area contributed by atoms with Gasteiger partial charge < -0.3 is 24.6 Å². The average molecular weight is 655 g/mol.